The average Bonchev–Trinajstić information content (AvgIpc) is 3.21. The number of nitrogens with zero attached hydrogens (tertiary/aromatic N) is 3. The third-order valence-electron chi connectivity index (χ3n) is 4.36. The lowest BCUT2D eigenvalue weighted by molar-refractivity contribution is -0.131. The summed E-state index contributed by atoms with van der Waals surface area (Å²) in [7, 11) is 3.15. The molecule has 3 aromatic rings. The lowest BCUT2D eigenvalue weighted by atomic mass is 10.1. The van der Waals surface area contributed by atoms with Crippen LogP contribution in [0.2, 0.25) is 0 Å². The van der Waals surface area contributed by atoms with Crippen molar-refractivity contribution in [2.45, 2.75) is 19.9 Å². The molecule has 2 aromatic carbocycles. The van der Waals surface area contributed by atoms with E-state index in [2.05, 4.69) is 10.1 Å². The molecule has 0 fully saturated rings. The van der Waals surface area contributed by atoms with Gasteiger partial charge in [-0.3, -0.25) is 4.79 Å². The third kappa shape index (κ3) is 4.49. The molecule has 0 aliphatic heterocycles. The zero-order chi connectivity index (χ0) is 19.9. The number of likely N-dealkylation sites (N-methyl/N-ethyl adjacent to an activating group) is 1. The van der Waals surface area contributed by atoms with Gasteiger partial charge in [-0.15, -0.1) is 0 Å². The Morgan fingerprint density at radius 3 is 2.50 bits per heavy atom. The SMILES string of the molecule is CCN(Cc1nc(-c2ccccc2)no1)C(=O)Cc1ccc(OC)c(OC)c1. The summed E-state index contributed by atoms with van der Waals surface area (Å²) in [6, 6.07) is 15.0. The predicted octanol–water partition coefficient (Wildman–Crippen LogP) is 3.35. The maximum Gasteiger partial charge on any atom is 0.246 e. The fourth-order valence-electron chi connectivity index (χ4n) is 2.84. The van der Waals surface area contributed by atoms with Gasteiger partial charge in [0.25, 0.3) is 0 Å². The van der Waals surface area contributed by atoms with E-state index < -0.39 is 0 Å². The minimum atomic E-state index is -0.0332. The van der Waals surface area contributed by atoms with Gasteiger partial charge in [-0.05, 0) is 24.6 Å². The van der Waals surface area contributed by atoms with E-state index in [1.807, 2.05) is 49.4 Å². The molecule has 0 unspecified atom stereocenters. The first kappa shape index (κ1) is 19.4. The van der Waals surface area contributed by atoms with Gasteiger partial charge < -0.3 is 18.9 Å². The van der Waals surface area contributed by atoms with Crippen molar-refractivity contribution in [1.82, 2.24) is 15.0 Å². The van der Waals surface area contributed by atoms with E-state index in [0.717, 1.165) is 11.1 Å². The van der Waals surface area contributed by atoms with E-state index in [4.69, 9.17) is 14.0 Å². The van der Waals surface area contributed by atoms with Crippen molar-refractivity contribution in [3.8, 4) is 22.9 Å². The molecule has 3 rings (SSSR count). The maximum absolute atomic E-state index is 12.7. The summed E-state index contributed by atoms with van der Waals surface area (Å²) in [4.78, 5) is 18.8. The van der Waals surface area contributed by atoms with Gasteiger partial charge in [0.1, 0.15) is 0 Å². The van der Waals surface area contributed by atoms with Crippen LogP contribution < -0.4 is 9.47 Å². The smallest absolute Gasteiger partial charge is 0.246 e. The number of hydrogen-bond donors (Lipinski definition) is 0. The van der Waals surface area contributed by atoms with Crippen molar-refractivity contribution in [2.75, 3.05) is 20.8 Å². The molecule has 146 valence electrons. The molecule has 0 N–H and O–H groups in total. The highest BCUT2D eigenvalue weighted by atomic mass is 16.5. The van der Waals surface area contributed by atoms with Crippen molar-refractivity contribution in [3.05, 3.63) is 60.0 Å². The first-order valence-corrected chi connectivity index (χ1v) is 9.01. The second-order valence-corrected chi connectivity index (χ2v) is 6.15. The highest BCUT2D eigenvalue weighted by Crippen LogP contribution is 2.28. The molecular weight excluding hydrogens is 358 g/mol. The molecular formula is C21H23N3O4. The van der Waals surface area contributed by atoms with E-state index >= 15 is 0 Å². The number of aromatic nitrogens is 2. The van der Waals surface area contributed by atoms with Crippen LogP contribution in [0.4, 0.5) is 0 Å². The lowest BCUT2D eigenvalue weighted by Crippen LogP contribution is -2.31. The Bertz CT molecular complexity index is 924. The van der Waals surface area contributed by atoms with Crippen molar-refractivity contribution in [3.63, 3.8) is 0 Å². The average molecular weight is 381 g/mol. The Morgan fingerprint density at radius 2 is 1.82 bits per heavy atom. The highest BCUT2D eigenvalue weighted by Gasteiger charge is 2.18. The molecule has 0 spiro atoms. The van der Waals surface area contributed by atoms with Gasteiger partial charge in [-0.2, -0.15) is 4.98 Å². The van der Waals surface area contributed by atoms with Crippen molar-refractivity contribution >= 4 is 5.91 Å². The molecule has 0 aliphatic rings. The van der Waals surface area contributed by atoms with E-state index in [0.29, 0.717) is 29.8 Å². The first-order valence-electron chi connectivity index (χ1n) is 9.01. The van der Waals surface area contributed by atoms with Crippen molar-refractivity contribution in [2.24, 2.45) is 0 Å². The normalized spacial score (nSPS) is 10.5. The molecule has 7 heteroatoms. The molecule has 0 saturated carbocycles. The second-order valence-electron chi connectivity index (χ2n) is 6.15. The van der Waals surface area contributed by atoms with Crippen LogP contribution in [-0.2, 0) is 17.8 Å². The lowest BCUT2D eigenvalue weighted by Gasteiger charge is -2.19. The van der Waals surface area contributed by atoms with Crippen molar-refractivity contribution in [1.29, 1.82) is 0 Å². The number of ether oxygens (including phenoxy) is 2. The van der Waals surface area contributed by atoms with Gasteiger partial charge in [-0.25, -0.2) is 0 Å². The standard InChI is InChI=1S/C21H23N3O4/c1-4-24(14-19-22-21(23-28-19)16-8-6-5-7-9-16)20(25)13-15-10-11-17(26-2)18(12-15)27-3/h5-12H,4,13-14H2,1-3H3. The fourth-order valence-corrected chi connectivity index (χ4v) is 2.84. The summed E-state index contributed by atoms with van der Waals surface area (Å²) >= 11 is 0. The Morgan fingerprint density at radius 1 is 1.07 bits per heavy atom. The number of methoxy groups -OCH3 is 2. The topological polar surface area (TPSA) is 77.7 Å². The summed E-state index contributed by atoms with van der Waals surface area (Å²) in [5, 5.41) is 4.00. The van der Waals surface area contributed by atoms with Crippen LogP contribution in [0.5, 0.6) is 11.5 Å². The van der Waals surface area contributed by atoms with E-state index in [-0.39, 0.29) is 18.9 Å². The Labute approximate surface area is 163 Å². The van der Waals surface area contributed by atoms with Crippen LogP contribution in [0.15, 0.2) is 53.1 Å². The molecule has 0 atom stereocenters. The van der Waals surface area contributed by atoms with Gasteiger partial charge in [0, 0.05) is 12.1 Å². The summed E-state index contributed by atoms with van der Waals surface area (Å²) in [6.07, 6.45) is 0.244. The quantitative estimate of drug-likeness (QED) is 0.595. The minimum Gasteiger partial charge on any atom is -0.493 e. The van der Waals surface area contributed by atoms with Crippen LogP contribution in [0.1, 0.15) is 18.4 Å². The summed E-state index contributed by atoms with van der Waals surface area (Å²) < 4.78 is 15.9. The van der Waals surface area contributed by atoms with Crippen molar-refractivity contribution < 1.29 is 18.8 Å². The van der Waals surface area contributed by atoms with E-state index in [1.54, 1.807) is 25.2 Å². The third-order valence-corrected chi connectivity index (χ3v) is 4.36. The number of carbonyl (C=O) groups excluding carboxylic acids is 1. The number of rotatable bonds is 8. The molecule has 0 radical (unpaired) electrons. The fraction of sp³-hybridized carbons (Fsp3) is 0.286. The molecule has 1 aromatic heterocycles. The largest absolute Gasteiger partial charge is 0.493 e. The molecule has 0 bridgehead atoms. The molecule has 28 heavy (non-hydrogen) atoms. The number of hydrogen-bond acceptors (Lipinski definition) is 6. The van der Waals surface area contributed by atoms with Crippen LogP contribution in [0, 0.1) is 0 Å². The second kappa shape index (κ2) is 9.03. The minimum absolute atomic E-state index is 0.0332. The number of carbonyl (C=O) groups is 1. The van der Waals surface area contributed by atoms with Crippen LogP contribution in [0.25, 0.3) is 11.4 Å². The number of benzene rings is 2. The summed E-state index contributed by atoms with van der Waals surface area (Å²) in [5.74, 6) is 2.11. The number of amides is 1. The van der Waals surface area contributed by atoms with Gasteiger partial charge in [0.05, 0.1) is 27.2 Å². The van der Waals surface area contributed by atoms with Gasteiger partial charge in [0.15, 0.2) is 11.5 Å². The van der Waals surface area contributed by atoms with Gasteiger partial charge in [0.2, 0.25) is 17.6 Å². The van der Waals surface area contributed by atoms with E-state index in [9.17, 15) is 4.79 Å². The molecule has 1 amide bonds. The molecule has 7 nitrogen and oxygen atoms in total. The summed E-state index contributed by atoms with van der Waals surface area (Å²) in [5.41, 5.74) is 1.72. The van der Waals surface area contributed by atoms with Crippen LogP contribution in [-0.4, -0.2) is 41.7 Å². The van der Waals surface area contributed by atoms with Gasteiger partial charge in [-0.1, -0.05) is 41.6 Å². The Kier molecular flexibility index (Phi) is 6.26. The Hall–Kier alpha value is -3.35. The molecule has 0 aliphatic carbocycles. The van der Waals surface area contributed by atoms with Crippen LogP contribution >= 0.6 is 0 Å². The predicted molar refractivity (Wildman–Crippen MR) is 104 cm³/mol. The maximum atomic E-state index is 12.7. The zero-order valence-electron chi connectivity index (χ0n) is 16.2. The molecule has 0 saturated heterocycles. The van der Waals surface area contributed by atoms with Crippen LogP contribution in [0.3, 0.4) is 0 Å². The monoisotopic (exact) mass is 381 g/mol. The van der Waals surface area contributed by atoms with E-state index in [1.165, 1.54) is 0 Å². The summed E-state index contributed by atoms with van der Waals surface area (Å²) in [6.45, 7) is 2.72. The first-order chi connectivity index (χ1) is 13.6. The highest BCUT2D eigenvalue weighted by molar-refractivity contribution is 5.79. The zero-order valence-corrected chi connectivity index (χ0v) is 16.2. The Balaban J connectivity index is 1.68. The molecule has 1 heterocycles. The van der Waals surface area contributed by atoms with Gasteiger partial charge >= 0.3 is 0 Å².